The minimum absolute atomic E-state index is 0.00233. The summed E-state index contributed by atoms with van der Waals surface area (Å²) < 4.78 is 18.9. The average Bonchev–Trinajstić information content (AvgIpc) is 3.23. The molecule has 3 aromatic rings. The summed E-state index contributed by atoms with van der Waals surface area (Å²) in [5.41, 5.74) is 1.87. The quantitative estimate of drug-likeness (QED) is 0.423. The normalized spacial score (nSPS) is 10.8. The molecule has 0 aliphatic rings. The molecule has 2 amide bonds. The number of amides is 2. The van der Waals surface area contributed by atoms with E-state index in [1.54, 1.807) is 21.9 Å². The highest BCUT2D eigenvalue weighted by atomic mass is 19.1. The third-order valence-electron chi connectivity index (χ3n) is 5.45. The van der Waals surface area contributed by atoms with Gasteiger partial charge in [-0.25, -0.2) is 4.39 Å². The molecule has 0 fully saturated rings. The zero-order chi connectivity index (χ0) is 23.6. The lowest BCUT2D eigenvalue weighted by Crippen LogP contribution is -2.44. The van der Waals surface area contributed by atoms with Crippen LogP contribution in [0, 0.1) is 12.7 Å². The monoisotopic (exact) mass is 450 g/mol. The lowest BCUT2D eigenvalue weighted by molar-refractivity contribution is -0.140. The van der Waals surface area contributed by atoms with E-state index < -0.39 is 0 Å². The maximum atomic E-state index is 13.3. The minimum atomic E-state index is -0.339. The summed E-state index contributed by atoms with van der Waals surface area (Å²) in [6.07, 6.45) is 1.59. The number of hydrogen-bond donors (Lipinski definition) is 0. The first-order valence-corrected chi connectivity index (χ1v) is 11.3. The third-order valence-corrected chi connectivity index (χ3v) is 5.45. The van der Waals surface area contributed by atoms with Crippen LogP contribution in [0.3, 0.4) is 0 Å². The molecular weight excluding hydrogens is 419 g/mol. The molecule has 2 aromatic carbocycles. The van der Waals surface area contributed by atoms with E-state index in [4.69, 9.17) is 4.42 Å². The van der Waals surface area contributed by atoms with Gasteiger partial charge in [0.25, 0.3) is 0 Å². The first-order valence-electron chi connectivity index (χ1n) is 11.3. The number of furan rings is 1. The highest BCUT2D eigenvalue weighted by molar-refractivity contribution is 5.86. The fourth-order valence-corrected chi connectivity index (χ4v) is 3.67. The van der Waals surface area contributed by atoms with Crippen molar-refractivity contribution in [3.63, 3.8) is 0 Å². The Morgan fingerprint density at radius 3 is 2.21 bits per heavy atom. The Labute approximate surface area is 194 Å². The van der Waals surface area contributed by atoms with Gasteiger partial charge in [-0.1, -0.05) is 49.4 Å². The number of carbonyl (C=O) groups is 2. The van der Waals surface area contributed by atoms with Crippen molar-refractivity contribution in [3.05, 3.63) is 95.2 Å². The number of hydrogen-bond acceptors (Lipinski definition) is 3. The third kappa shape index (κ3) is 7.59. The van der Waals surface area contributed by atoms with Gasteiger partial charge < -0.3 is 14.2 Å². The van der Waals surface area contributed by atoms with Crippen LogP contribution in [0.1, 0.15) is 36.0 Å². The maximum Gasteiger partial charge on any atom is 0.242 e. The van der Waals surface area contributed by atoms with Gasteiger partial charge in [0.2, 0.25) is 11.8 Å². The summed E-state index contributed by atoms with van der Waals surface area (Å²) >= 11 is 0. The molecule has 0 N–H and O–H groups in total. The highest BCUT2D eigenvalue weighted by Crippen LogP contribution is 2.13. The van der Waals surface area contributed by atoms with Crippen LogP contribution in [-0.4, -0.2) is 41.2 Å². The molecule has 0 saturated heterocycles. The number of carbonyl (C=O) groups excluding carboxylic acids is 2. The van der Waals surface area contributed by atoms with Crippen molar-refractivity contribution < 1.29 is 18.4 Å². The molecule has 0 radical (unpaired) electrons. The fourth-order valence-electron chi connectivity index (χ4n) is 3.67. The summed E-state index contributed by atoms with van der Waals surface area (Å²) in [6.45, 7) is 5.21. The van der Waals surface area contributed by atoms with E-state index in [9.17, 15) is 14.0 Å². The molecule has 3 rings (SSSR count). The van der Waals surface area contributed by atoms with Gasteiger partial charge in [0.05, 0.1) is 19.5 Å². The van der Waals surface area contributed by atoms with Crippen molar-refractivity contribution >= 4 is 11.8 Å². The molecule has 0 atom stereocenters. The Kier molecular flexibility index (Phi) is 8.81. The first-order chi connectivity index (χ1) is 15.9. The summed E-state index contributed by atoms with van der Waals surface area (Å²) in [7, 11) is 0. The van der Waals surface area contributed by atoms with Crippen LogP contribution in [0.25, 0.3) is 0 Å². The van der Waals surface area contributed by atoms with Crippen molar-refractivity contribution in [3.8, 4) is 0 Å². The Morgan fingerprint density at radius 2 is 1.58 bits per heavy atom. The second-order valence-corrected chi connectivity index (χ2v) is 8.18. The van der Waals surface area contributed by atoms with Crippen molar-refractivity contribution in [1.82, 2.24) is 9.80 Å². The Balaban J connectivity index is 1.69. The molecule has 0 unspecified atom stereocenters. The van der Waals surface area contributed by atoms with E-state index in [1.807, 2.05) is 56.3 Å². The molecule has 1 aromatic heterocycles. The zero-order valence-electron chi connectivity index (χ0n) is 19.3. The maximum absolute atomic E-state index is 13.3. The molecule has 0 bridgehead atoms. The summed E-state index contributed by atoms with van der Waals surface area (Å²) in [5.74, 6) is 0.902. The van der Waals surface area contributed by atoms with E-state index in [-0.39, 0.29) is 30.6 Å². The van der Waals surface area contributed by atoms with Gasteiger partial charge in [0, 0.05) is 13.1 Å². The van der Waals surface area contributed by atoms with Crippen molar-refractivity contribution in [2.75, 3.05) is 19.6 Å². The van der Waals surface area contributed by atoms with Gasteiger partial charge in [-0.05, 0) is 55.2 Å². The second kappa shape index (κ2) is 12.0. The average molecular weight is 451 g/mol. The van der Waals surface area contributed by atoms with Crippen LogP contribution >= 0.6 is 0 Å². The molecule has 33 heavy (non-hydrogen) atoms. The van der Waals surface area contributed by atoms with E-state index in [1.165, 1.54) is 12.1 Å². The molecule has 1 heterocycles. The van der Waals surface area contributed by atoms with Gasteiger partial charge in [-0.2, -0.15) is 0 Å². The fraction of sp³-hybridized carbons (Fsp3) is 0.333. The van der Waals surface area contributed by atoms with E-state index in [2.05, 4.69) is 0 Å². The Morgan fingerprint density at radius 1 is 0.848 bits per heavy atom. The molecule has 0 spiro atoms. The van der Waals surface area contributed by atoms with Crippen molar-refractivity contribution in [2.24, 2.45) is 0 Å². The van der Waals surface area contributed by atoms with Gasteiger partial charge in [0.15, 0.2) is 0 Å². The van der Waals surface area contributed by atoms with Gasteiger partial charge in [0.1, 0.15) is 17.3 Å². The van der Waals surface area contributed by atoms with Crippen LogP contribution < -0.4 is 0 Å². The number of nitrogens with zero attached hydrogens (tertiary/aromatic N) is 2. The number of aryl methyl sites for hydroxylation is 1. The number of rotatable bonds is 11. The summed E-state index contributed by atoms with van der Waals surface area (Å²) in [4.78, 5) is 29.6. The topological polar surface area (TPSA) is 53.8 Å². The standard InChI is InChI=1S/C27H31FN2O3/c1-3-16-29(26(31)18-23-10-12-24(28)13-11-23)20-27(32)30(19-25-14-9-21(2)33-25)17-15-22-7-5-4-6-8-22/h4-14H,3,15-20H2,1-2H3. The van der Waals surface area contributed by atoms with E-state index in [0.29, 0.717) is 31.8 Å². The van der Waals surface area contributed by atoms with Crippen LogP contribution in [0.4, 0.5) is 4.39 Å². The Hall–Kier alpha value is -3.41. The molecule has 174 valence electrons. The van der Waals surface area contributed by atoms with Gasteiger partial charge in [-0.3, -0.25) is 9.59 Å². The molecule has 5 nitrogen and oxygen atoms in total. The van der Waals surface area contributed by atoms with Crippen LogP contribution in [0.2, 0.25) is 0 Å². The van der Waals surface area contributed by atoms with Crippen LogP contribution in [-0.2, 0) is 29.0 Å². The molecule has 0 aliphatic heterocycles. The van der Waals surface area contributed by atoms with Crippen LogP contribution in [0.5, 0.6) is 0 Å². The summed E-state index contributed by atoms with van der Waals surface area (Å²) in [6, 6.07) is 19.6. The Bertz CT molecular complexity index is 1030. The van der Waals surface area contributed by atoms with Crippen LogP contribution in [0.15, 0.2) is 71.1 Å². The largest absolute Gasteiger partial charge is 0.464 e. The zero-order valence-corrected chi connectivity index (χ0v) is 19.3. The number of halogens is 1. The molecule has 6 heteroatoms. The van der Waals surface area contributed by atoms with Crippen molar-refractivity contribution in [1.29, 1.82) is 0 Å². The smallest absolute Gasteiger partial charge is 0.242 e. The lowest BCUT2D eigenvalue weighted by atomic mass is 10.1. The highest BCUT2D eigenvalue weighted by Gasteiger charge is 2.22. The lowest BCUT2D eigenvalue weighted by Gasteiger charge is -2.27. The molecular formula is C27H31FN2O3. The SMILES string of the molecule is CCCN(CC(=O)N(CCc1ccccc1)Cc1ccc(C)o1)C(=O)Cc1ccc(F)cc1. The van der Waals surface area contributed by atoms with E-state index in [0.717, 1.165) is 23.3 Å². The van der Waals surface area contributed by atoms with Gasteiger partial charge >= 0.3 is 0 Å². The predicted octanol–water partition coefficient (Wildman–Crippen LogP) is 4.78. The first kappa shape index (κ1) is 24.2. The predicted molar refractivity (Wildman–Crippen MR) is 126 cm³/mol. The van der Waals surface area contributed by atoms with E-state index >= 15 is 0 Å². The molecule has 0 saturated carbocycles. The molecule has 0 aliphatic carbocycles. The van der Waals surface area contributed by atoms with Crippen molar-refractivity contribution in [2.45, 2.75) is 39.7 Å². The minimum Gasteiger partial charge on any atom is -0.464 e. The summed E-state index contributed by atoms with van der Waals surface area (Å²) in [5, 5.41) is 0. The number of benzene rings is 2. The second-order valence-electron chi connectivity index (χ2n) is 8.18. The van der Waals surface area contributed by atoms with Gasteiger partial charge in [-0.15, -0.1) is 0 Å².